The van der Waals surface area contributed by atoms with Crippen LogP contribution in [-0.4, -0.2) is 26.7 Å². The molecule has 0 aliphatic heterocycles. The van der Waals surface area contributed by atoms with Crippen LogP contribution < -0.4 is 5.56 Å². The quantitative estimate of drug-likeness (QED) is 0.753. The minimum Gasteiger partial charge on any atom is -0.459 e. The summed E-state index contributed by atoms with van der Waals surface area (Å²) in [5.74, 6) is -0.494. The van der Waals surface area contributed by atoms with Gasteiger partial charge in [0.15, 0.2) is 5.65 Å². The molecular formula is C10H11N3O3. The minimum atomic E-state index is -0.494. The molecule has 0 aliphatic carbocycles. The molecule has 84 valence electrons. The third kappa shape index (κ3) is 1.69. The van der Waals surface area contributed by atoms with E-state index in [4.69, 9.17) is 4.74 Å². The van der Waals surface area contributed by atoms with E-state index in [2.05, 4.69) is 10.1 Å². The van der Waals surface area contributed by atoms with Crippen molar-refractivity contribution in [2.75, 3.05) is 0 Å². The highest BCUT2D eigenvalue weighted by atomic mass is 16.5. The fourth-order valence-corrected chi connectivity index (χ4v) is 1.34. The zero-order chi connectivity index (χ0) is 11.7. The first kappa shape index (κ1) is 10.4. The molecule has 0 atom stereocenters. The van der Waals surface area contributed by atoms with Crippen LogP contribution in [0.5, 0.6) is 0 Å². The fourth-order valence-electron chi connectivity index (χ4n) is 1.34. The Labute approximate surface area is 90.9 Å². The predicted molar refractivity (Wildman–Crippen MR) is 56.4 cm³/mol. The predicted octanol–water partition coefficient (Wildman–Crippen LogP) is 0.588. The number of nitrogens with zero attached hydrogens (tertiary/aromatic N) is 2. The number of aromatic amines is 1. The van der Waals surface area contributed by atoms with E-state index in [0.29, 0.717) is 0 Å². The molecule has 0 saturated carbocycles. The summed E-state index contributed by atoms with van der Waals surface area (Å²) < 4.78 is 6.22. The Balaban J connectivity index is 2.50. The van der Waals surface area contributed by atoms with E-state index < -0.39 is 5.97 Å². The molecule has 2 aromatic heterocycles. The van der Waals surface area contributed by atoms with Crippen molar-refractivity contribution < 1.29 is 9.53 Å². The highest BCUT2D eigenvalue weighted by Gasteiger charge is 2.16. The molecule has 1 N–H and O–H groups in total. The van der Waals surface area contributed by atoms with Gasteiger partial charge in [-0.1, -0.05) is 0 Å². The molecule has 6 nitrogen and oxygen atoms in total. The van der Waals surface area contributed by atoms with Crippen molar-refractivity contribution in [3.05, 3.63) is 34.4 Å². The number of H-pyrrole nitrogens is 1. The Morgan fingerprint density at radius 3 is 3.00 bits per heavy atom. The SMILES string of the molecule is CC(C)OC(=O)c1c[nH]n2c(=O)ccnc12. The van der Waals surface area contributed by atoms with Crippen molar-refractivity contribution in [3.63, 3.8) is 0 Å². The summed E-state index contributed by atoms with van der Waals surface area (Å²) in [5.41, 5.74) is 0.262. The number of rotatable bonds is 2. The zero-order valence-corrected chi connectivity index (χ0v) is 8.93. The number of hydrogen-bond acceptors (Lipinski definition) is 4. The number of carbonyl (C=O) groups is 1. The largest absolute Gasteiger partial charge is 0.459 e. The molecule has 2 aromatic rings. The Kier molecular flexibility index (Phi) is 2.47. The van der Waals surface area contributed by atoms with E-state index >= 15 is 0 Å². The Hall–Kier alpha value is -2.11. The van der Waals surface area contributed by atoms with Crippen LogP contribution in [0.4, 0.5) is 0 Å². The van der Waals surface area contributed by atoms with E-state index in [1.807, 2.05) is 0 Å². The van der Waals surface area contributed by atoms with Crippen molar-refractivity contribution in [3.8, 4) is 0 Å². The number of nitrogens with one attached hydrogen (secondary N) is 1. The van der Waals surface area contributed by atoms with Crippen LogP contribution in [0.1, 0.15) is 24.2 Å². The lowest BCUT2D eigenvalue weighted by atomic mass is 10.3. The number of esters is 1. The third-order valence-corrected chi connectivity index (χ3v) is 1.99. The average molecular weight is 221 g/mol. The van der Waals surface area contributed by atoms with Crippen LogP contribution in [0.3, 0.4) is 0 Å². The van der Waals surface area contributed by atoms with Gasteiger partial charge in [0, 0.05) is 18.5 Å². The van der Waals surface area contributed by atoms with E-state index in [0.717, 1.165) is 0 Å². The Bertz CT molecular complexity index is 582. The number of fused-ring (bicyclic) bond motifs is 1. The second-order valence-corrected chi connectivity index (χ2v) is 3.58. The van der Waals surface area contributed by atoms with Gasteiger partial charge in [-0.15, -0.1) is 0 Å². The summed E-state index contributed by atoms with van der Waals surface area (Å²) in [5, 5.41) is 2.65. The zero-order valence-electron chi connectivity index (χ0n) is 8.93. The molecular weight excluding hydrogens is 210 g/mol. The van der Waals surface area contributed by atoms with Gasteiger partial charge in [-0.05, 0) is 13.8 Å². The monoisotopic (exact) mass is 221 g/mol. The maximum Gasteiger partial charge on any atom is 0.343 e. The second-order valence-electron chi connectivity index (χ2n) is 3.58. The summed E-state index contributed by atoms with van der Waals surface area (Å²) in [6.45, 7) is 3.51. The standard InChI is InChI=1S/C10H11N3O3/c1-6(2)16-10(15)7-5-12-13-8(14)3-4-11-9(7)13/h3-6,12H,1-2H3. The van der Waals surface area contributed by atoms with Crippen molar-refractivity contribution in [1.82, 2.24) is 14.6 Å². The van der Waals surface area contributed by atoms with Gasteiger partial charge >= 0.3 is 5.97 Å². The highest BCUT2D eigenvalue weighted by molar-refractivity contribution is 5.95. The first-order valence-corrected chi connectivity index (χ1v) is 4.85. The first-order chi connectivity index (χ1) is 7.59. The number of hydrogen-bond donors (Lipinski definition) is 1. The number of aromatic nitrogens is 3. The van der Waals surface area contributed by atoms with Crippen molar-refractivity contribution in [2.45, 2.75) is 20.0 Å². The lowest BCUT2D eigenvalue weighted by Crippen LogP contribution is -2.15. The summed E-state index contributed by atoms with van der Waals surface area (Å²) in [4.78, 5) is 27.0. The minimum absolute atomic E-state index is 0.210. The molecule has 0 unspecified atom stereocenters. The van der Waals surface area contributed by atoms with Crippen molar-refractivity contribution in [2.24, 2.45) is 0 Å². The first-order valence-electron chi connectivity index (χ1n) is 4.85. The molecule has 0 aromatic carbocycles. The highest BCUT2D eigenvalue weighted by Crippen LogP contribution is 2.08. The second kappa shape index (κ2) is 3.80. The van der Waals surface area contributed by atoms with Crippen LogP contribution in [0, 0.1) is 0 Å². The smallest absolute Gasteiger partial charge is 0.343 e. The van der Waals surface area contributed by atoms with Gasteiger partial charge in [-0.25, -0.2) is 14.3 Å². The molecule has 0 bridgehead atoms. The summed E-state index contributed by atoms with van der Waals surface area (Å²) in [6.07, 6.45) is 2.56. The molecule has 2 rings (SSSR count). The van der Waals surface area contributed by atoms with Gasteiger partial charge in [0.25, 0.3) is 5.56 Å². The van der Waals surface area contributed by atoms with Crippen molar-refractivity contribution in [1.29, 1.82) is 0 Å². The summed E-state index contributed by atoms with van der Waals surface area (Å²) in [7, 11) is 0. The topological polar surface area (TPSA) is 76.5 Å². The van der Waals surface area contributed by atoms with Gasteiger partial charge in [-0.3, -0.25) is 9.89 Å². The molecule has 2 heterocycles. The average Bonchev–Trinajstić information content (AvgIpc) is 2.61. The Morgan fingerprint density at radius 2 is 2.31 bits per heavy atom. The molecule has 0 spiro atoms. The maximum atomic E-state index is 11.6. The van der Waals surface area contributed by atoms with Crippen LogP contribution in [0.15, 0.2) is 23.3 Å². The molecule has 0 aliphatic rings. The summed E-state index contributed by atoms with van der Waals surface area (Å²) in [6, 6.07) is 1.31. The third-order valence-electron chi connectivity index (χ3n) is 1.99. The van der Waals surface area contributed by atoms with Gasteiger partial charge in [0.05, 0.1) is 6.10 Å². The normalized spacial score (nSPS) is 10.9. The van der Waals surface area contributed by atoms with Crippen LogP contribution in [0.25, 0.3) is 5.65 Å². The van der Waals surface area contributed by atoms with Gasteiger partial charge < -0.3 is 4.74 Å². The van der Waals surface area contributed by atoms with E-state index in [9.17, 15) is 9.59 Å². The van der Waals surface area contributed by atoms with Gasteiger partial charge in [0.2, 0.25) is 0 Å². The molecule has 0 amide bonds. The Morgan fingerprint density at radius 1 is 1.56 bits per heavy atom. The molecule has 0 fully saturated rings. The van der Waals surface area contributed by atoms with Crippen LogP contribution >= 0.6 is 0 Å². The molecule has 0 radical (unpaired) electrons. The molecule has 0 saturated heterocycles. The van der Waals surface area contributed by atoms with E-state index in [-0.39, 0.29) is 22.9 Å². The van der Waals surface area contributed by atoms with E-state index in [1.165, 1.54) is 23.0 Å². The van der Waals surface area contributed by atoms with Crippen LogP contribution in [-0.2, 0) is 4.74 Å². The number of ether oxygens (including phenoxy) is 1. The maximum absolute atomic E-state index is 11.6. The van der Waals surface area contributed by atoms with Crippen molar-refractivity contribution >= 4 is 11.6 Å². The van der Waals surface area contributed by atoms with E-state index in [1.54, 1.807) is 13.8 Å². The lowest BCUT2D eigenvalue weighted by molar-refractivity contribution is 0.0380. The molecule has 6 heteroatoms. The van der Waals surface area contributed by atoms with Gasteiger partial charge in [-0.2, -0.15) is 0 Å². The number of carbonyl (C=O) groups excluding carboxylic acids is 1. The fraction of sp³-hybridized carbons (Fsp3) is 0.300. The lowest BCUT2D eigenvalue weighted by Gasteiger charge is -2.05. The molecule has 16 heavy (non-hydrogen) atoms. The van der Waals surface area contributed by atoms with Crippen LogP contribution in [0.2, 0.25) is 0 Å². The van der Waals surface area contributed by atoms with Gasteiger partial charge in [0.1, 0.15) is 5.56 Å². The summed E-state index contributed by atoms with van der Waals surface area (Å²) >= 11 is 0.